The molecule has 420 valence electrons. The fraction of sp³-hybridized carbons (Fsp3) is 0.139. The highest BCUT2D eigenvalue weighted by atomic mass is 35.5. The quantitative estimate of drug-likeness (QED) is 0.131. The lowest BCUT2D eigenvalue weighted by Crippen LogP contribution is -2.50. The molecule has 3 aliphatic carbocycles. The zero-order chi connectivity index (χ0) is 59.3. The molecule has 0 spiro atoms. The lowest BCUT2D eigenvalue weighted by molar-refractivity contribution is 0.660. The van der Waals surface area contributed by atoms with Gasteiger partial charge >= 0.3 is 0 Å². The molecule has 0 bridgehead atoms. The van der Waals surface area contributed by atoms with E-state index >= 15 is 0 Å². The summed E-state index contributed by atoms with van der Waals surface area (Å²) in [7, 11) is -3.34. The Balaban J connectivity index is 0.000000117. The van der Waals surface area contributed by atoms with E-state index in [0.717, 1.165) is 50.7 Å². The summed E-state index contributed by atoms with van der Waals surface area (Å²) >= 11 is 6.20. The Labute approximate surface area is 515 Å². The first-order chi connectivity index (χ1) is 42.1. The van der Waals surface area contributed by atoms with Crippen LogP contribution in [0.15, 0.2) is 225 Å². The minimum Gasteiger partial charge on any atom is -0.285 e. The third kappa shape index (κ3) is 8.02. The van der Waals surface area contributed by atoms with Gasteiger partial charge in [-0.1, -0.05) is 242 Å². The van der Waals surface area contributed by atoms with Crippen molar-refractivity contribution in [3.05, 3.63) is 263 Å². The predicted molar refractivity (Wildman–Crippen MR) is 370 cm³/mol. The van der Waals surface area contributed by atoms with E-state index in [-0.39, 0.29) is 16.1 Å². The number of para-hydroxylation sites is 2. The van der Waals surface area contributed by atoms with Crippen LogP contribution in [-0.2, 0) is 17.3 Å². The molecular weight excluding hydrogens is 1110 g/mol. The molecule has 5 aliphatic rings. The number of fused-ring (bicyclic) bond motifs is 18. The van der Waals surface area contributed by atoms with Crippen LogP contribution in [0.3, 0.4) is 0 Å². The molecule has 13 aromatic rings. The molecule has 5 heterocycles. The van der Waals surface area contributed by atoms with E-state index in [1.54, 1.807) is 10.4 Å². The van der Waals surface area contributed by atoms with Gasteiger partial charge in [0.1, 0.15) is 16.1 Å². The minimum absolute atomic E-state index is 0.0332. The number of allylic oxidation sites excluding steroid dienone is 1. The molecule has 10 aromatic carbocycles. The zero-order valence-electron chi connectivity index (χ0n) is 50.3. The molecule has 0 saturated carbocycles. The molecule has 0 unspecified atom stereocenters. The fourth-order valence-corrected chi connectivity index (χ4v) is 22.8. The molecule has 0 N–H and O–H groups in total. The molecular formula is C79H64ClN5Si2. The summed E-state index contributed by atoms with van der Waals surface area (Å²) in [4.78, 5) is 19.3. The lowest BCUT2D eigenvalue weighted by Gasteiger charge is -2.22. The maximum atomic E-state index is 6.20. The van der Waals surface area contributed by atoms with Crippen molar-refractivity contribution in [1.29, 1.82) is 0 Å². The zero-order valence-corrected chi connectivity index (χ0v) is 53.0. The number of rotatable bonds is 3. The normalized spacial score (nSPS) is 15.5. The van der Waals surface area contributed by atoms with Crippen LogP contribution in [0.2, 0.25) is 31.5 Å². The Morgan fingerprint density at radius 3 is 1.49 bits per heavy atom. The first kappa shape index (κ1) is 53.4. The second-order valence-electron chi connectivity index (χ2n) is 26.2. The van der Waals surface area contributed by atoms with Crippen molar-refractivity contribution < 1.29 is 0 Å². The van der Waals surface area contributed by atoms with Crippen molar-refractivity contribution in [2.75, 3.05) is 0 Å². The van der Waals surface area contributed by atoms with Gasteiger partial charge in [0.2, 0.25) is 11.2 Å². The number of hydrogen-bond acceptors (Lipinski definition) is 4. The van der Waals surface area contributed by atoms with E-state index in [1.807, 2.05) is 24.3 Å². The molecule has 2 aliphatic heterocycles. The van der Waals surface area contributed by atoms with Gasteiger partial charge in [0.25, 0.3) is 0 Å². The van der Waals surface area contributed by atoms with Gasteiger partial charge in [-0.3, -0.25) is 4.57 Å². The van der Waals surface area contributed by atoms with Gasteiger partial charge in [-0.15, -0.1) is 0 Å². The SMILES string of the molecule is CC1(C)c2ccccc2-c2ccc(-c3nc(-n4ccc5c6c(ccc54)-c4ccccc4[Si]6(C)C)nc4ccccc34)cc21.CC1(C)c2ccccc2-c2ccc(-c3nc(Cl)nc4ccccc34)cc21.C[Si]1(C)c2ccccc2-c2ccc3c(c21)C=CC3. The molecule has 8 heteroatoms. The second kappa shape index (κ2) is 19.4. The smallest absolute Gasteiger partial charge is 0.235 e. The maximum absolute atomic E-state index is 6.20. The number of hydrogen-bond donors (Lipinski definition) is 0. The largest absolute Gasteiger partial charge is 0.285 e. The van der Waals surface area contributed by atoms with E-state index in [1.165, 1.54) is 99.2 Å². The van der Waals surface area contributed by atoms with Crippen molar-refractivity contribution in [1.82, 2.24) is 24.5 Å². The van der Waals surface area contributed by atoms with Gasteiger partial charge < -0.3 is 0 Å². The van der Waals surface area contributed by atoms with Crippen molar-refractivity contribution >= 4 is 87.3 Å². The topological polar surface area (TPSA) is 56.5 Å². The summed E-state index contributed by atoms with van der Waals surface area (Å²) in [5.74, 6) is 0.710. The van der Waals surface area contributed by atoms with E-state index in [9.17, 15) is 0 Å². The molecule has 5 nitrogen and oxygen atoms in total. The molecule has 0 fully saturated rings. The van der Waals surface area contributed by atoms with Crippen LogP contribution in [-0.4, -0.2) is 40.7 Å². The Bertz CT molecular complexity index is 5120. The lowest BCUT2D eigenvalue weighted by atomic mass is 9.82. The summed E-state index contributed by atoms with van der Waals surface area (Å²) in [5, 5.41) is 10.00. The monoisotopic (exact) mass is 1170 g/mol. The van der Waals surface area contributed by atoms with Gasteiger partial charge in [0, 0.05) is 44.3 Å². The van der Waals surface area contributed by atoms with Crippen LogP contribution in [0.5, 0.6) is 0 Å². The molecule has 0 radical (unpaired) electrons. The maximum Gasteiger partial charge on any atom is 0.235 e. The van der Waals surface area contributed by atoms with Crippen molar-refractivity contribution in [3.63, 3.8) is 0 Å². The van der Waals surface area contributed by atoms with Gasteiger partial charge in [-0.25, -0.2) is 19.9 Å². The first-order valence-corrected chi connectivity index (χ1v) is 36.8. The van der Waals surface area contributed by atoms with Crippen molar-refractivity contribution in [2.24, 2.45) is 0 Å². The van der Waals surface area contributed by atoms with Gasteiger partial charge in [-0.05, 0) is 153 Å². The summed E-state index contributed by atoms with van der Waals surface area (Å²) in [6, 6.07) is 76.8. The molecule has 3 aromatic heterocycles. The van der Waals surface area contributed by atoms with E-state index in [4.69, 9.17) is 21.6 Å². The van der Waals surface area contributed by atoms with Crippen LogP contribution in [0, 0.1) is 0 Å². The summed E-state index contributed by atoms with van der Waals surface area (Å²) in [6.07, 6.45) is 7.92. The third-order valence-corrected chi connectivity index (χ3v) is 27.3. The Morgan fingerprint density at radius 2 is 0.885 bits per heavy atom. The second-order valence-corrected chi connectivity index (χ2v) is 35.1. The average molecular weight is 1180 g/mol. The fourth-order valence-electron chi connectivity index (χ4n) is 15.7. The number of aromatic nitrogens is 5. The van der Waals surface area contributed by atoms with Gasteiger partial charge in [-0.2, -0.15) is 0 Å². The molecule has 0 amide bonds. The molecule has 0 saturated heterocycles. The van der Waals surface area contributed by atoms with Crippen LogP contribution >= 0.6 is 11.6 Å². The van der Waals surface area contributed by atoms with E-state index < -0.39 is 16.1 Å². The number of nitrogens with zero attached hydrogens (tertiary/aromatic N) is 5. The number of halogens is 1. The van der Waals surface area contributed by atoms with Crippen LogP contribution in [0.25, 0.3) is 112 Å². The van der Waals surface area contributed by atoms with Crippen LogP contribution in [0.4, 0.5) is 0 Å². The summed E-state index contributed by atoms with van der Waals surface area (Å²) in [5.41, 5.74) is 26.5. The molecule has 18 rings (SSSR count). The first-order valence-electron chi connectivity index (χ1n) is 30.5. The van der Waals surface area contributed by atoms with Crippen molar-refractivity contribution in [2.45, 2.75) is 71.1 Å². The van der Waals surface area contributed by atoms with Crippen LogP contribution < -0.4 is 20.7 Å². The van der Waals surface area contributed by atoms with E-state index in [2.05, 4.69) is 275 Å². The van der Waals surface area contributed by atoms with Crippen molar-refractivity contribution in [3.8, 4) is 73.0 Å². The highest BCUT2D eigenvalue weighted by Gasteiger charge is 2.42. The third-order valence-electron chi connectivity index (χ3n) is 20.0. The standard InChI is InChI=1S/C39H31N3Si.C23H17ClN2.C17H16Si/c1-39(2)31-14-8-5-11-25(31)26-18-17-24(23-32(26)39)36-29-13-6-9-15-33(29)40-38(41-36)42-22-21-30-34(42)20-19-28-27-12-7-10-16-35(27)43(3,4)37(28)30;1-23(2)18-9-5-3-7-15(18)16-12-11-14(13-19(16)23)21-17-8-4-6-10-20(17)25-22(24)26-21;1-18(2)16-9-4-3-7-14(16)15-11-10-12-6-5-8-13(12)17(15)18/h5-23H,1-4H3;3-13H,1-2H3;3-5,7-11H,6H2,1-2H3. The van der Waals surface area contributed by atoms with Gasteiger partial charge in [0.15, 0.2) is 0 Å². The average Bonchev–Trinajstić information content (AvgIpc) is 1.63. The summed E-state index contributed by atoms with van der Waals surface area (Å²) < 4.78 is 2.19. The Morgan fingerprint density at radius 1 is 0.414 bits per heavy atom. The highest BCUT2D eigenvalue weighted by Crippen LogP contribution is 2.51. The minimum atomic E-state index is -1.85. The molecule has 0 atom stereocenters. The predicted octanol–water partition coefficient (Wildman–Crippen LogP) is 17.7. The Kier molecular flexibility index (Phi) is 11.9. The summed E-state index contributed by atoms with van der Waals surface area (Å²) in [6.45, 7) is 19.2. The Hall–Kier alpha value is -9.12. The van der Waals surface area contributed by atoms with E-state index in [0.29, 0.717) is 5.95 Å². The van der Waals surface area contributed by atoms with Crippen LogP contribution in [0.1, 0.15) is 61.1 Å². The number of benzene rings is 10. The van der Waals surface area contributed by atoms with Gasteiger partial charge in [0.05, 0.1) is 27.9 Å². The highest BCUT2D eigenvalue weighted by molar-refractivity contribution is 7.05. The molecule has 87 heavy (non-hydrogen) atoms.